The monoisotopic (exact) mass is 278 g/mol. The maximum atomic E-state index is 4.33. The number of aromatic nitrogens is 5. The van der Waals surface area contributed by atoms with E-state index >= 15 is 0 Å². The molecule has 0 saturated carbocycles. The molecule has 104 valence electrons. The lowest BCUT2D eigenvalue weighted by Gasteiger charge is -2.02. The van der Waals surface area contributed by atoms with Crippen molar-refractivity contribution in [1.29, 1.82) is 0 Å². The smallest absolute Gasteiger partial charge is 0.160 e. The van der Waals surface area contributed by atoms with Crippen LogP contribution >= 0.6 is 0 Å². The van der Waals surface area contributed by atoms with E-state index in [1.807, 2.05) is 57.8 Å². The van der Waals surface area contributed by atoms with E-state index in [4.69, 9.17) is 0 Å². The third-order valence-electron chi connectivity index (χ3n) is 3.49. The highest BCUT2D eigenvalue weighted by Gasteiger charge is 2.06. The van der Waals surface area contributed by atoms with Crippen molar-refractivity contribution >= 4 is 11.2 Å². The summed E-state index contributed by atoms with van der Waals surface area (Å²) in [5.41, 5.74) is 3.16. The summed E-state index contributed by atoms with van der Waals surface area (Å²) >= 11 is 0. The second-order valence-corrected chi connectivity index (χ2v) is 4.85. The van der Waals surface area contributed by atoms with Gasteiger partial charge in [0.2, 0.25) is 0 Å². The molecule has 0 radical (unpaired) electrons. The summed E-state index contributed by atoms with van der Waals surface area (Å²) in [6.45, 7) is 1.41. The van der Waals surface area contributed by atoms with Gasteiger partial charge in [-0.05, 0) is 24.3 Å². The third kappa shape index (κ3) is 2.15. The van der Waals surface area contributed by atoms with Gasteiger partial charge in [-0.2, -0.15) is 5.10 Å². The minimum absolute atomic E-state index is 0.662. The van der Waals surface area contributed by atoms with Gasteiger partial charge >= 0.3 is 0 Å². The van der Waals surface area contributed by atoms with Gasteiger partial charge in [0.05, 0.1) is 18.3 Å². The number of nitrogens with zero attached hydrogens (tertiary/aromatic N) is 5. The van der Waals surface area contributed by atoms with Crippen molar-refractivity contribution in [1.82, 2.24) is 29.5 Å². The molecule has 0 aliphatic rings. The maximum Gasteiger partial charge on any atom is 0.160 e. The fourth-order valence-corrected chi connectivity index (χ4v) is 2.44. The Hall–Kier alpha value is -2.73. The number of fused-ring (bicyclic) bond motifs is 2. The van der Waals surface area contributed by atoms with Crippen molar-refractivity contribution in [3.05, 3.63) is 66.4 Å². The van der Waals surface area contributed by atoms with E-state index in [2.05, 4.69) is 26.7 Å². The summed E-state index contributed by atoms with van der Waals surface area (Å²) in [6.07, 6.45) is 5.82. The lowest BCUT2D eigenvalue weighted by Crippen LogP contribution is -2.14. The lowest BCUT2D eigenvalue weighted by molar-refractivity contribution is 0.659. The van der Waals surface area contributed by atoms with E-state index < -0.39 is 0 Å². The van der Waals surface area contributed by atoms with Crippen LogP contribution in [0.15, 0.2) is 55.0 Å². The number of rotatable bonds is 4. The summed E-state index contributed by atoms with van der Waals surface area (Å²) in [4.78, 5) is 0. The summed E-state index contributed by atoms with van der Waals surface area (Å²) in [7, 11) is 0. The first-order valence-electron chi connectivity index (χ1n) is 6.82. The molecule has 21 heavy (non-hydrogen) atoms. The second kappa shape index (κ2) is 4.99. The largest absolute Gasteiger partial charge is 0.306 e. The van der Waals surface area contributed by atoms with E-state index in [1.165, 1.54) is 5.56 Å². The van der Waals surface area contributed by atoms with Crippen LogP contribution in [0.1, 0.15) is 11.4 Å². The molecule has 0 aliphatic carbocycles. The van der Waals surface area contributed by atoms with Crippen LogP contribution in [-0.4, -0.2) is 24.2 Å². The summed E-state index contributed by atoms with van der Waals surface area (Å²) in [5.74, 6) is 0.905. The molecule has 1 N–H and O–H groups in total. The quantitative estimate of drug-likeness (QED) is 0.617. The fraction of sp³-hybridized carbons (Fsp3) is 0.133. The summed E-state index contributed by atoms with van der Waals surface area (Å²) in [5, 5.41) is 16.1. The van der Waals surface area contributed by atoms with Crippen molar-refractivity contribution in [2.75, 3.05) is 0 Å². The third-order valence-corrected chi connectivity index (χ3v) is 3.49. The van der Waals surface area contributed by atoms with Crippen LogP contribution in [0, 0.1) is 0 Å². The Balaban J connectivity index is 1.50. The van der Waals surface area contributed by atoms with Gasteiger partial charge in [-0.1, -0.05) is 12.1 Å². The molecule has 6 heteroatoms. The molecule has 0 aromatic carbocycles. The first kappa shape index (κ1) is 12.0. The van der Waals surface area contributed by atoms with E-state index in [-0.39, 0.29) is 0 Å². The van der Waals surface area contributed by atoms with E-state index in [1.54, 1.807) is 0 Å². The van der Waals surface area contributed by atoms with Gasteiger partial charge in [-0.3, -0.25) is 4.40 Å². The minimum atomic E-state index is 0.662. The number of nitrogens with one attached hydrogen (secondary N) is 1. The zero-order valence-corrected chi connectivity index (χ0v) is 11.3. The molecule has 4 aromatic heterocycles. The number of hydrogen-bond acceptors (Lipinski definition) is 4. The molecule has 0 amide bonds. The highest BCUT2D eigenvalue weighted by atomic mass is 15.3. The Morgan fingerprint density at radius 1 is 0.952 bits per heavy atom. The standard InChI is InChI=1S/C15H14N6/c1-4-8-21-13(5-1)12(10-17-21)9-16-11-15-19-18-14-6-2-3-7-20(14)15/h1-8,10,16H,9,11H2. The SMILES string of the molecule is c1ccn2ncc(CNCc3nnc4ccccn34)c2c1. The second-order valence-electron chi connectivity index (χ2n) is 4.85. The van der Waals surface area contributed by atoms with Crippen molar-refractivity contribution in [2.24, 2.45) is 0 Å². The molecule has 4 heterocycles. The zero-order valence-electron chi connectivity index (χ0n) is 11.3. The molecule has 0 fully saturated rings. The minimum Gasteiger partial charge on any atom is -0.306 e. The van der Waals surface area contributed by atoms with Gasteiger partial charge in [-0.25, -0.2) is 4.52 Å². The van der Waals surface area contributed by atoms with Crippen LogP contribution in [0.5, 0.6) is 0 Å². The molecule has 0 spiro atoms. The average Bonchev–Trinajstić information content (AvgIpc) is 3.13. The Bertz CT molecular complexity index is 817. The van der Waals surface area contributed by atoms with Crippen LogP contribution < -0.4 is 5.32 Å². The van der Waals surface area contributed by atoms with Crippen LogP contribution in [-0.2, 0) is 13.1 Å². The van der Waals surface area contributed by atoms with E-state index in [9.17, 15) is 0 Å². The van der Waals surface area contributed by atoms with Gasteiger partial charge in [-0.15, -0.1) is 10.2 Å². The summed E-state index contributed by atoms with van der Waals surface area (Å²) in [6, 6.07) is 11.9. The van der Waals surface area contributed by atoms with E-state index in [0.29, 0.717) is 6.54 Å². The Morgan fingerprint density at radius 2 is 1.86 bits per heavy atom. The van der Waals surface area contributed by atoms with Crippen LogP contribution in [0.3, 0.4) is 0 Å². The zero-order chi connectivity index (χ0) is 14.1. The molecule has 0 unspecified atom stereocenters. The molecule has 0 aliphatic heterocycles. The number of hydrogen-bond donors (Lipinski definition) is 1. The van der Waals surface area contributed by atoms with Gasteiger partial charge < -0.3 is 5.32 Å². The van der Waals surface area contributed by atoms with Gasteiger partial charge in [0.15, 0.2) is 11.5 Å². The first-order valence-corrected chi connectivity index (χ1v) is 6.82. The molecule has 0 saturated heterocycles. The predicted molar refractivity (Wildman–Crippen MR) is 78.7 cm³/mol. The topological polar surface area (TPSA) is 59.5 Å². The average molecular weight is 278 g/mol. The molecule has 4 rings (SSSR count). The summed E-state index contributed by atoms with van der Waals surface area (Å²) < 4.78 is 3.87. The van der Waals surface area contributed by atoms with Crippen molar-refractivity contribution in [3.63, 3.8) is 0 Å². The predicted octanol–water partition coefficient (Wildman–Crippen LogP) is 1.67. The van der Waals surface area contributed by atoms with Crippen LogP contribution in [0.2, 0.25) is 0 Å². The lowest BCUT2D eigenvalue weighted by atomic mass is 10.2. The molecule has 0 atom stereocenters. The molecule has 0 bridgehead atoms. The molecule has 4 aromatic rings. The molecular weight excluding hydrogens is 264 g/mol. The normalized spacial score (nSPS) is 11.4. The first-order chi connectivity index (χ1) is 10.4. The van der Waals surface area contributed by atoms with Gasteiger partial charge in [0.1, 0.15) is 0 Å². The van der Waals surface area contributed by atoms with Crippen molar-refractivity contribution in [2.45, 2.75) is 13.1 Å². The highest BCUT2D eigenvalue weighted by Crippen LogP contribution is 2.10. The van der Waals surface area contributed by atoms with E-state index in [0.717, 1.165) is 23.5 Å². The van der Waals surface area contributed by atoms with Crippen molar-refractivity contribution < 1.29 is 0 Å². The molecular formula is C15H14N6. The highest BCUT2D eigenvalue weighted by molar-refractivity contribution is 5.53. The van der Waals surface area contributed by atoms with Crippen molar-refractivity contribution in [3.8, 4) is 0 Å². The van der Waals surface area contributed by atoms with Crippen LogP contribution in [0.25, 0.3) is 11.2 Å². The Kier molecular flexibility index (Phi) is 2.86. The van der Waals surface area contributed by atoms with Gasteiger partial charge in [0, 0.05) is 24.5 Å². The Labute approximate surface area is 121 Å². The van der Waals surface area contributed by atoms with Crippen LogP contribution in [0.4, 0.5) is 0 Å². The maximum absolute atomic E-state index is 4.33. The molecule has 6 nitrogen and oxygen atoms in total. The number of pyridine rings is 2. The van der Waals surface area contributed by atoms with Gasteiger partial charge in [0.25, 0.3) is 0 Å². The Morgan fingerprint density at radius 3 is 2.86 bits per heavy atom. The fourth-order valence-electron chi connectivity index (χ4n) is 2.44.